The molecule has 0 radical (unpaired) electrons. The fourth-order valence-corrected chi connectivity index (χ4v) is 9.86. The van der Waals surface area contributed by atoms with Crippen LogP contribution in [0.15, 0.2) is 58.3 Å². The van der Waals surface area contributed by atoms with Crippen molar-refractivity contribution in [3.8, 4) is 0 Å². The highest BCUT2D eigenvalue weighted by atomic mass is 35.5. The molecule has 0 saturated carbocycles. The minimum atomic E-state index is -4.24. The van der Waals surface area contributed by atoms with Crippen LogP contribution in [0.1, 0.15) is 64.2 Å². The molecule has 4 rings (SSSR count). The first-order chi connectivity index (χ1) is 27.4. The van der Waals surface area contributed by atoms with E-state index in [1.807, 2.05) is 0 Å². The summed E-state index contributed by atoms with van der Waals surface area (Å²) in [6, 6.07) is 8.85. The van der Waals surface area contributed by atoms with Gasteiger partial charge in [0.2, 0.25) is 0 Å². The van der Waals surface area contributed by atoms with E-state index in [4.69, 9.17) is 34.7 Å². The number of hydrogen-bond acceptors (Lipinski definition) is 12. The van der Waals surface area contributed by atoms with Gasteiger partial charge in [-0.3, -0.25) is 9.44 Å². The molecule has 0 saturated heterocycles. The van der Waals surface area contributed by atoms with Crippen LogP contribution in [0.25, 0.3) is 0 Å². The second-order valence-corrected chi connectivity index (χ2v) is 19.2. The summed E-state index contributed by atoms with van der Waals surface area (Å²) >= 11 is 13.4. The molecule has 10 N–H and O–H groups in total. The van der Waals surface area contributed by atoms with Crippen LogP contribution < -0.4 is 31.5 Å². The lowest BCUT2D eigenvalue weighted by Gasteiger charge is -2.12. The van der Waals surface area contributed by atoms with Gasteiger partial charge in [-0.2, -0.15) is 8.78 Å². The summed E-state index contributed by atoms with van der Waals surface area (Å²) in [5.41, 5.74) is 11.3. The largest absolute Gasteiger partial charge is 0.392 e. The first-order valence-electron chi connectivity index (χ1n) is 18.2. The van der Waals surface area contributed by atoms with E-state index in [-0.39, 0.29) is 33.1 Å². The van der Waals surface area contributed by atoms with E-state index in [2.05, 4.69) is 20.1 Å². The number of nitrogens with one attached hydrogen (secondary N) is 4. The normalized spacial score (nSPS) is 12.7. The number of unbranched alkanes of at least 4 members (excludes halogenated alkanes) is 6. The molecule has 324 valence electrons. The molecular formula is C36H48Cl2F4N6O6S4. The summed E-state index contributed by atoms with van der Waals surface area (Å²) in [5, 5.41) is 23.8. The van der Waals surface area contributed by atoms with Crippen LogP contribution >= 0.6 is 45.9 Å². The van der Waals surface area contributed by atoms with Gasteiger partial charge in [0.15, 0.2) is 10.3 Å². The van der Waals surface area contributed by atoms with Gasteiger partial charge in [-0.25, -0.2) is 25.6 Å². The number of thiophene rings is 2. The lowest BCUT2D eigenvalue weighted by atomic mass is 10.1. The van der Waals surface area contributed by atoms with Gasteiger partial charge in [-0.15, -0.1) is 0 Å². The van der Waals surface area contributed by atoms with E-state index < -0.39 is 63.9 Å². The topological polar surface area (TPSA) is 209 Å². The number of rotatable bonds is 24. The Kier molecular flexibility index (Phi) is 20.8. The summed E-state index contributed by atoms with van der Waals surface area (Å²) in [6.07, 6.45) is 7.49. The highest BCUT2D eigenvalue weighted by Gasteiger charge is 2.24. The van der Waals surface area contributed by atoms with Gasteiger partial charge in [0.05, 0.1) is 33.6 Å². The zero-order chi connectivity index (χ0) is 42.9. The van der Waals surface area contributed by atoms with Crippen LogP contribution in [-0.4, -0.2) is 65.4 Å². The molecule has 2 atom stereocenters. The quantitative estimate of drug-likeness (QED) is 0.0249. The highest BCUT2D eigenvalue weighted by Crippen LogP contribution is 2.32. The Labute approximate surface area is 354 Å². The van der Waals surface area contributed by atoms with Gasteiger partial charge in [-0.1, -0.05) is 84.4 Å². The monoisotopic (exact) mass is 934 g/mol. The standard InChI is InChI=1S/2C18H24ClF2N3O3S2/c2*19-13-9-16(29(26,27)24-18-7-6-17(21)28-18)14(20)10-15(13)23-8-4-2-1-3-5-12(25)11-22/h2*6-7,9-10,12,23-25H,1-5,8,11,22H2/t2*12-/m10/s1. The fraction of sp³-hybridized carbons (Fsp3) is 0.444. The van der Waals surface area contributed by atoms with E-state index in [0.717, 1.165) is 87.8 Å². The number of hydrogen-bond donors (Lipinski definition) is 8. The maximum Gasteiger partial charge on any atom is 0.265 e. The average Bonchev–Trinajstić information content (AvgIpc) is 3.77. The molecule has 2 aromatic heterocycles. The van der Waals surface area contributed by atoms with Crippen LogP contribution in [0.3, 0.4) is 0 Å². The fourth-order valence-electron chi connectivity index (χ4n) is 5.25. The van der Waals surface area contributed by atoms with Crippen molar-refractivity contribution in [2.45, 2.75) is 86.2 Å². The number of anilines is 4. The van der Waals surface area contributed by atoms with Crippen LogP contribution in [0.5, 0.6) is 0 Å². The Balaban J connectivity index is 0.000000310. The third kappa shape index (κ3) is 16.6. The van der Waals surface area contributed by atoms with E-state index in [0.29, 0.717) is 60.0 Å². The van der Waals surface area contributed by atoms with Crippen molar-refractivity contribution >= 4 is 87.3 Å². The molecule has 0 amide bonds. The Hall–Kier alpha value is -2.92. The summed E-state index contributed by atoms with van der Waals surface area (Å²) in [4.78, 5) is -1.22. The van der Waals surface area contributed by atoms with Gasteiger partial charge in [0.1, 0.15) is 31.4 Å². The third-order valence-electron chi connectivity index (χ3n) is 8.34. The number of benzene rings is 2. The van der Waals surface area contributed by atoms with Crippen LogP contribution in [-0.2, 0) is 20.0 Å². The first kappa shape index (κ1) is 49.4. The molecule has 22 heteroatoms. The molecule has 0 aliphatic rings. The van der Waals surface area contributed by atoms with E-state index >= 15 is 0 Å². The first-order valence-corrected chi connectivity index (χ1v) is 23.6. The SMILES string of the molecule is NC[C@@H](O)CCCCCCNc1cc(F)c(S(=O)(=O)Nc2ccc(F)s2)cc1Cl.NC[C@H](O)CCCCCCNc1cc(F)c(S(=O)(=O)Nc2ccc(F)s2)cc1Cl. The lowest BCUT2D eigenvalue weighted by molar-refractivity contribution is 0.168. The molecule has 0 bridgehead atoms. The van der Waals surface area contributed by atoms with E-state index in [1.54, 1.807) is 0 Å². The van der Waals surface area contributed by atoms with Crippen LogP contribution in [0.4, 0.5) is 38.9 Å². The number of aliphatic hydroxyl groups is 2. The van der Waals surface area contributed by atoms with Crippen molar-refractivity contribution in [1.29, 1.82) is 0 Å². The maximum atomic E-state index is 14.4. The number of aliphatic hydroxyl groups excluding tert-OH is 2. The second kappa shape index (κ2) is 24.4. The van der Waals surface area contributed by atoms with Gasteiger partial charge in [0, 0.05) is 26.2 Å². The molecule has 0 unspecified atom stereocenters. The molecule has 0 spiro atoms. The van der Waals surface area contributed by atoms with Gasteiger partial charge >= 0.3 is 0 Å². The van der Waals surface area contributed by atoms with E-state index in [1.165, 1.54) is 12.1 Å². The minimum absolute atomic E-state index is 0.0409. The summed E-state index contributed by atoms with van der Waals surface area (Å²) in [7, 11) is -8.48. The maximum absolute atomic E-state index is 14.4. The minimum Gasteiger partial charge on any atom is -0.392 e. The van der Waals surface area contributed by atoms with Crippen LogP contribution in [0.2, 0.25) is 10.0 Å². The number of sulfonamides is 2. The van der Waals surface area contributed by atoms with Gasteiger partial charge in [0.25, 0.3) is 20.0 Å². The number of nitrogens with two attached hydrogens (primary N) is 2. The zero-order valence-corrected chi connectivity index (χ0v) is 36.0. The van der Waals surface area contributed by atoms with Crippen LogP contribution in [0, 0.1) is 21.9 Å². The summed E-state index contributed by atoms with van der Waals surface area (Å²) in [5.74, 6) is -1.92. The molecule has 2 aromatic carbocycles. The highest BCUT2D eigenvalue weighted by molar-refractivity contribution is 7.93. The van der Waals surface area contributed by atoms with E-state index in [9.17, 15) is 44.6 Å². The molecule has 0 aliphatic carbocycles. The molecular weight excluding hydrogens is 888 g/mol. The van der Waals surface area contributed by atoms with Crippen molar-refractivity contribution in [2.75, 3.05) is 46.3 Å². The Bertz CT molecular complexity index is 1970. The summed E-state index contributed by atoms with van der Waals surface area (Å²) in [6.45, 7) is 1.60. The molecule has 58 heavy (non-hydrogen) atoms. The average molecular weight is 936 g/mol. The van der Waals surface area contributed by atoms with Crippen molar-refractivity contribution in [3.63, 3.8) is 0 Å². The smallest absolute Gasteiger partial charge is 0.265 e. The van der Waals surface area contributed by atoms with Gasteiger partial charge < -0.3 is 32.3 Å². The predicted octanol–water partition coefficient (Wildman–Crippen LogP) is 8.33. The Morgan fingerprint density at radius 2 is 0.948 bits per heavy atom. The lowest BCUT2D eigenvalue weighted by Crippen LogP contribution is -2.19. The second-order valence-electron chi connectivity index (χ2n) is 13.0. The molecule has 2 heterocycles. The molecule has 0 fully saturated rings. The summed E-state index contributed by atoms with van der Waals surface area (Å²) < 4.78 is 109. The predicted molar refractivity (Wildman–Crippen MR) is 226 cm³/mol. The zero-order valence-electron chi connectivity index (χ0n) is 31.3. The Morgan fingerprint density at radius 3 is 1.28 bits per heavy atom. The van der Waals surface area contributed by atoms with Gasteiger partial charge in [-0.05, 0) is 74.2 Å². The van der Waals surface area contributed by atoms with Crippen molar-refractivity contribution in [2.24, 2.45) is 11.5 Å². The molecule has 4 aromatic rings. The molecule has 12 nitrogen and oxygen atoms in total. The Morgan fingerprint density at radius 1 is 0.586 bits per heavy atom. The molecule has 0 aliphatic heterocycles. The number of halogens is 6. The van der Waals surface area contributed by atoms with Crippen molar-refractivity contribution in [1.82, 2.24) is 0 Å². The van der Waals surface area contributed by atoms with Crippen molar-refractivity contribution < 1.29 is 44.6 Å². The third-order valence-corrected chi connectivity index (χ3v) is 13.6. The van der Waals surface area contributed by atoms with Crippen molar-refractivity contribution in [3.05, 3.63) is 80.5 Å².